The number of rotatable bonds is 6. The van der Waals surface area contributed by atoms with Crippen LogP contribution in [0.1, 0.15) is 31.4 Å². The summed E-state index contributed by atoms with van der Waals surface area (Å²) < 4.78 is 26.3. The maximum atomic E-state index is 13.7. The van der Waals surface area contributed by atoms with Crippen molar-refractivity contribution in [3.05, 3.63) is 39.7 Å². The minimum atomic E-state index is -0.697. The summed E-state index contributed by atoms with van der Waals surface area (Å²) in [4.78, 5) is 10.5. The van der Waals surface area contributed by atoms with Crippen LogP contribution >= 0.6 is 12.2 Å². The molecule has 1 unspecified atom stereocenters. The monoisotopic (exact) mass is 288 g/mol. The van der Waals surface area contributed by atoms with Crippen LogP contribution in [0, 0.1) is 15.9 Å². The summed E-state index contributed by atoms with van der Waals surface area (Å²) in [7, 11) is 0. The summed E-state index contributed by atoms with van der Waals surface area (Å²) in [6.45, 7) is 1.14. The fourth-order valence-electron chi connectivity index (χ4n) is 1.62. The number of nitro groups is 1. The van der Waals surface area contributed by atoms with Crippen LogP contribution in [-0.2, 0) is 0 Å². The van der Waals surface area contributed by atoms with Crippen molar-refractivity contribution in [3.8, 4) is 0 Å². The molecule has 104 valence electrons. The standard InChI is InChI=1S/C12H14F2N2O2S/c1-2-12(19)15-11(5-6-13)9-7-8(16(17)18)3-4-10(9)14/h3-4,7,11H,2,5-6H2,1H3,(H,15,19). The van der Waals surface area contributed by atoms with E-state index in [1.165, 1.54) is 0 Å². The van der Waals surface area contributed by atoms with Gasteiger partial charge in [-0.1, -0.05) is 19.1 Å². The van der Waals surface area contributed by atoms with Crippen molar-refractivity contribution in [1.82, 2.24) is 5.32 Å². The van der Waals surface area contributed by atoms with Gasteiger partial charge in [-0.25, -0.2) is 4.39 Å². The molecule has 0 radical (unpaired) electrons. The minimum Gasteiger partial charge on any atom is -0.373 e. The highest BCUT2D eigenvalue weighted by molar-refractivity contribution is 7.80. The Balaban J connectivity index is 3.09. The summed E-state index contributed by atoms with van der Waals surface area (Å²) >= 11 is 4.98. The largest absolute Gasteiger partial charge is 0.373 e. The molecule has 0 spiro atoms. The maximum Gasteiger partial charge on any atom is 0.269 e. The highest BCUT2D eigenvalue weighted by atomic mass is 32.1. The van der Waals surface area contributed by atoms with E-state index in [9.17, 15) is 18.9 Å². The number of benzene rings is 1. The van der Waals surface area contributed by atoms with Crippen molar-refractivity contribution >= 4 is 22.9 Å². The molecule has 0 aliphatic rings. The van der Waals surface area contributed by atoms with Crippen LogP contribution in [0.15, 0.2) is 18.2 Å². The summed E-state index contributed by atoms with van der Waals surface area (Å²) in [5, 5.41) is 13.5. The van der Waals surface area contributed by atoms with Crippen molar-refractivity contribution < 1.29 is 13.7 Å². The van der Waals surface area contributed by atoms with Gasteiger partial charge in [-0.3, -0.25) is 14.5 Å². The predicted molar refractivity (Wildman–Crippen MR) is 72.4 cm³/mol. The normalized spacial score (nSPS) is 11.9. The number of alkyl halides is 1. The predicted octanol–water partition coefficient (Wildman–Crippen LogP) is 3.46. The third kappa shape index (κ3) is 4.20. The molecule has 4 nitrogen and oxygen atoms in total. The zero-order valence-electron chi connectivity index (χ0n) is 10.4. The number of nitrogens with one attached hydrogen (secondary N) is 1. The minimum absolute atomic E-state index is 0.00176. The van der Waals surface area contributed by atoms with E-state index in [0.717, 1.165) is 18.2 Å². The quantitative estimate of drug-likeness (QED) is 0.495. The number of halogens is 2. The van der Waals surface area contributed by atoms with Crippen molar-refractivity contribution in [2.24, 2.45) is 0 Å². The first kappa shape index (κ1) is 15.4. The maximum absolute atomic E-state index is 13.7. The number of non-ortho nitro benzene ring substituents is 1. The molecule has 1 rings (SSSR count). The fraction of sp³-hybridized carbons (Fsp3) is 0.417. The number of nitrogens with zero attached hydrogens (tertiary/aromatic N) is 1. The molecule has 0 heterocycles. The Bertz CT molecular complexity index is 483. The van der Waals surface area contributed by atoms with Gasteiger partial charge in [0.1, 0.15) is 5.82 Å². The molecule has 1 atom stereocenters. The first-order valence-corrected chi connectivity index (χ1v) is 6.19. The van der Waals surface area contributed by atoms with Crippen molar-refractivity contribution in [2.75, 3.05) is 6.67 Å². The van der Waals surface area contributed by atoms with Crippen LogP contribution in [0.3, 0.4) is 0 Å². The van der Waals surface area contributed by atoms with Gasteiger partial charge in [0.05, 0.1) is 22.6 Å². The summed E-state index contributed by atoms with van der Waals surface area (Å²) in [6, 6.07) is 2.50. The molecule has 0 bridgehead atoms. The Kier molecular flexibility index (Phi) is 5.75. The van der Waals surface area contributed by atoms with Crippen molar-refractivity contribution in [2.45, 2.75) is 25.8 Å². The van der Waals surface area contributed by atoms with Gasteiger partial charge in [-0.05, 0) is 12.5 Å². The molecule has 0 fully saturated rings. The summed E-state index contributed by atoms with van der Waals surface area (Å²) in [5.41, 5.74) is -0.174. The van der Waals surface area contributed by atoms with E-state index in [2.05, 4.69) is 5.32 Å². The molecule has 1 N–H and O–H groups in total. The van der Waals surface area contributed by atoms with E-state index >= 15 is 0 Å². The lowest BCUT2D eigenvalue weighted by Gasteiger charge is -2.19. The molecule has 7 heteroatoms. The second-order valence-corrected chi connectivity index (χ2v) is 4.41. The highest BCUT2D eigenvalue weighted by Gasteiger charge is 2.19. The average Bonchev–Trinajstić information content (AvgIpc) is 2.38. The number of thiocarbonyl (C=S) groups is 1. The van der Waals surface area contributed by atoms with Crippen molar-refractivity contribution in [1.29, 1.82) is 0 Å². The van der Waals surface area contributed by atoms with Crippen LogP contribution < -0.4 is 5.32 Å². The molecular formula is C12H14F2N2O2S. The Morgan fingerprint density at radius 2 is 2.26 bits per heavy atom. The topological polar surface area (TPSA) is 55.2 Å². The van der Waals surface area contributed by atoms with Gasteiger partial charge in [-0.2, -0.15) is 0 Å². The average molecular weight is 288 g/mol. The number of hydrogen-bond acceptors (Lipinski definition) is 3. The molecule has 0 amide bonds. The first-order valence-electron chi connectivity index (χ1n) is 5.78. The molecule has 1 aromatic rings. The SMILES string of the molecule is CCC(=S)NC(CCF)c1cc([N+](=O)[O-])ccc1F. The van der Waals surface area contributed by atoms with Gasteiger partial charge in [0.25, 0.3) is 5.69 Å². The van der Waals surface area contributed by atoms with Crippen LogP contribution in [0.2, 0.25) is 0 Å². The second kappa shape index (κ2) is 7.08. The van der Waals surface area contributed by atoms with Gasteiger partial charge in [-0.15, -0.1) is 0 Å². The molecule has 19 heavy (non-hydrogen) atoms. The lowest BCUT2D eigenvalue weighted by atomic mass is 10.0. The first-order chi connectivity index (χ1) is 8.99. The molecule has 1 aromatic carbocycles. The third-order valence-electron chi connectivity index (χ3n) is 2.62. The van der Waals surface area contributed by atoms with Crippen molar-refractivity contribution in [3.63, 3.8) is 0 Å². The van der Waals surface area contributed by atoms with Crippen LogP contribution in [0.5, 0.6) is 0 Å². The molecule has 0 aromatic heterocycles. The zero-order valence-corrected chi connectivity index (χ0v) is 11.2. The van der Waals surface area contributed by atoms with Crippen LogP contribution in [-0.4, -0.2) is 16.6 Å². The Hall–Kier alpha value is -1.63. The molecule has 0 saturated heterocycles. The van der Waals surface area contributed by atoms with E-state index < -0.39 is 23.5 Å². The summed E-state index contributed by atoms with van der Waals surface area (Å²) in [5.74, 6) is -0.615. The molecule has 0 aliphatic heterocycles. The zero-order chi connectivity index (χ0) is 14.4. The Morgan fingerprint density at radius 3 is 2.79 bits per heavy atom. The smallest absolute Gasteiger partial charge is 0.269 e. The van der Waals surface area contributed by atoms with Gasteiger partial charge in [0.2, 0.25) is 0 Å². The lowest BCUT2D eigenvalue weighted by Crippen LogP contribution is -2.27. The van der Waals surface area contributed by atoms with E-state index in [-0.39, 0.29) is 17.7 Å². The van der Waals surface area contributed by atoms with Crippen LogP contribution in [0.25, 0.3) is 0 Å². The summed E-state index contributed by atoms with van der Waals surface area (Å²) in [6.07, 6.45) is 0.535. The van der Waals surface area contributed by atoms with E-state index in [1.807, 2.05) is 6.92 Å². The van der Waals surface area contributed by atoms with Crippen LogP contribution in [0.4, 0.5) is 14.5 Å². The van der Waals surface area contributed by atoms with E-state index in [0.29, 0.717) is 11.4 Å². The molecular weight excluding hydrogens is 274 g/mol. The van der Waals surface area contributed by atoms with E-state index in [4.69, 9.17) is 12.2 Å². The Morgan fingerprint density at radius 1 is 1.58 bits per heavy atom. The Labute approximate surface area is 115 Å². The molecule has 0 aliphatic carbocycles. The third-order valence-corrected chi connectivity index (χ3v) is 3.03. The van der Waals surface area contributed by atoms with Gasteiger partial charge in [0, 0.05) is 24.1 Å². The second-order valence-electron chi connectivity index (χ2n) is 3.91. The molecule has 0 saturated carbocycles. The van der Waals surface area contributed by atoms with Gasteiger partial charge in [0.15, 0.2) is 0 Å². The number of hydrogen-bond donors (Lipinski definition) is 1. The number of nitro benzene ring substituents is 1. The van der Waals surface area contributed by atoms with E-state index in [1.54, 1.807) is 0 Å². The lowest BCUT2D eigenvalue weighted by molar-refractivity contribution is -0.385. The van der Waals surface area contributed by atoms with Gasteiger partial charge >= 0.3 is 0 Å². The van der Waals surface area contributed by atoms with Gasteiger partial charge < -0.3 is 5.32 Å². The highest BCUT2D eigenvalue weighted by Crippen LogP contribution is 2.25. The fourth-order valence-corrected chi connectivity index (χ4v) is 1.76.